The maximum Gasteiger partial charge on any atom is 0.0586 e. The maximum absolute atomic E-state index is 9.34. The SMILES string of the molecule is CC[C@@H](CO)NCCN(C(C)C)[C@H](CC)CO. The minimum Gasteiger partial charge on any atom is -0.395 e. The van der Waals surface area contributed by atoms with Crippen LogP contribution in [0.15, 0.2) is 0 Å². The van der Waals surface area contributed by atoms with Gasteiger partial charge in [0.05, 0.1) is 13.2 Å². The highest BCUT2D eigenvalue weighted by Crippen LogP contribution is 2.08. The number of hydrogen-bond donors (Lipinski definition) is 3. The predicted octanol–water partition coefficient (Wildman–Crippen LogP) is 0.828. The number of hydrogen-bond acceptors (Lipinski definition) is 4. The van der Waals surface area contributed by atoms with E-state index in [1.54, 1.807) is 0 Å². The molecule has 0 bridgehead atoms. The van der Waals surface area contributed by atoms with Gasteiger partial charge in [-0.3, -0.25) is 4.90 Å². The molecule has 104 valence electrons. The van der Waals surface area contributed by atoms with Crippen LogP contribution in [0.4, 0.5) is 0 Å². The van der Waals surface area contributed by atoms with Crippen molar-refractivity contribution in [1.29, 1.82) is 0 Å². The average molecular weight is 246 g/mol. The van der Waals surface area contributed by atoms with Gasteiger partial charge in [0, 0.05) is 31.2 Å². The van der Waals surface area contributed by atoms with Crippen molar-refractivity contribution >= 4 is 0 Å². The topological polar surface area (TPSA) is 55.7 Å². The van der Waals surface area contributed by atoms with Crippen molar-refractivity contribution in [3.63, 3.8) is 0 Å². The molecule has 0 aromatic carbocycles. The van der Waals surface area contributed by atoms with Crippen LogP contribution in [-0.4, -0.2) is 59.5 Å². The molecule has 17 heavy (non-hydrogen) atoms. The highest BCUT2D eigenvalue weighted by molar-refractivity contribution is 4.74. The molecule has 0 saturated carbocycles. The van der Waals surface area contributed by atoms with Crippen LogP contribution in [0.5, 0.6) is 0 Å². The fourth-order valence-corrected chi connectivity index (χ4v) is 2.07. The summed E-state index contributed by atoms with van der Waals surface area (Å²) in [6, 6.07) is 0.868. The van der Waals surface area contributed by atoms with Gasteiger partial charge in [-0.05, 0) is 26.7 Å². The molecule has 0 spiro atoms. The Balaban J connectivity index is 4.09. The second-order valence-electron chi connectivity index (χ2n) is 4.82. The van der Waals surface area contributed by atoms with Crippen molar-refractivity contribution in [1.82, 2.24) is 10.2 Å². The standard InChI is InChI=1S/C13H30N2O2/c1-5-12(9-16)14-7-8-15(11(3)4)13(6-2)10-17/h11-14,16-17H,5-10H2,1-4H3/t12-,13+/m0/s1. The van der Waals surface area contributed by atoms with E-state index in [1.807, 2.05) is 0 Å². The quantitative estimate of drug-likeness (QED) is 0.534. The Morgan fingerprint density at radius 2 is 1.71 bits per heavy atom. The molecule has 4 heteroatoms. The Bertz CT molecular complexity index is 169. The van der Waals surface area contributed by atoms with E-state index in [1.165, 1.54) is 0 Å². The first-order chi connectivity index (χ1) is 8.10. The maximum atomic E-state index is 9.34. The monoisotopic (exact) mass is 246 g/mol. The lowest BCUT2D eigenvalue weighted by Gasteiger charge is -2.33. The van der Waals surface area contributed by atoms with Gasteiger partial charge in [-0.15, -0.1) is 0 Å². The molecule has 0 unspecified atom stereocenters. The van der Waals surface area contributed by atoms with Gasteiger partial charge in [0.25, 0.3) is 0 Å². The van der Waals surface area contributed by atoms with Crippen molar-refractivity contribution in [2.24, 2.45) is 0 Å². The summed E-state index contributed by atoms with van der Waals surface area (Å²) < 4.78 is 0. The lowest BCUT2D eigenvalue weighted by atomic mass is 10.1. The van der Waals surface area contributed by atoms with Crippen LogP contribution in [0.25, 0.3) is 0 Å². The van der Waals surface area contributed by atoms with Crippen molar-refractivity contribution < 1.29 is 10.2 Å². The third-order valence-corrected chi connectivity index (χ3v) is 3.33. The van der Waals surface area contributed by atoms with Crippen molar-refractivity contribution in [2.45, 2.75) is 58.7 Å². The summed E-state index contributed by atoms with van der Waals surface area (Å²) in [7, 11) is 0. The molecule has 0 heterocycles. The first-order valence-electron chi connectivity index (χ1n) is 6.81. The zero-order valence-corrected chi connectivity index (χ0v) is 11.8. The Kier molecular flexibility index (Phi) is 9.74. The van der Waals surface area contributed by atoms with Gasteiger partial charge in [-0.2, -0.15) is 0 Å². The molecule has 0 fully saturated rings. The molecule has 0 aromatic rings. The second kappa shape index (κ2) is 9.83. The summed E-state index contributed by atoms with van der Waals surface area (Å²) in [4.78, 5) is 2.32. The molecule has 0 saturated heterocycles. The first-order valence-corrected chi connectivity index (χ1v) is 6.81. The molecule has 0 amide bonds. The first kappa shape index (κ1) is 16.8. The van der Waals surface area contributed by atoms with E-state index < -0.39 is 0 Å². The molecule has 3 N–H and O–H groups in total. The molecule has 4 nitrogen and oxygen atoms in total. The summed E-state index contributed by atoms with van der Waals surface area (Å²) >= 11 is 0. The van der Waals surface area contributed by atoms with Crippen LogP contribution in [0, 0.1) is 0 Å². The van der Waals surface area contributed by atoms with E-state index in [9.17, 15) is 5.11 Å². The summed E-state index contributed by atoms with van der Waals surface area (Å²) in [6.07, 6.45) is 1.90. The zero-order chi connectivity index (χ0) is 13.3. The van der Waals surface area contributed by atoms with Crippen molar-refractivity contribution in [3.8, 4) is 0 Å². The largest absolute Gasteiger partial charge is 0.395 e. The summed E-state index contributed by atoms with van der Waals surface area (Å²) in [5.74, 6) is 0. The van der Waals surface area contributed by atoms with Crippen molar-refractivity contribution in [2.75, 3.05) is 26.3 Å². The summed E-state index contributed by atoms with van der Waals surface area (Å²) in [5, 5.41) is 21.8. The van der Waals surface area contributed by atoms with Crippen LogP contribution >= 0.6 is 0 Å². The van der Waals surface area contributed by atoms with Gasteiger partial charge in [-0.25, -0.2) is 0 Å². The normalized spacial score (nSPS) is 15.5. The van der Waals surface area contributed by atoms with E-state index in [2.05, 4.69) is 37.9 Å². The second-order valence-corrected chi connectivity index (χ2v) is 4.82. The summed E-state index contributed by atoms with van der Waals surface area (Å²) in [6.45, 7) is 10.6. The van der Waals surface area contributed by atoms with Crippen LogP contribution in [0.1, 0.15) is 40.5 Å². The van der Waals surface area contributed by atoms with Gasteiger partial charge < -0.3 is 15.5 Å². The molecular formula is C13H30N2O2. The third kappa shape index (κ3) is 6.36. The highest BCUT2D eigenvalue weighted by atomic mass is 16.3. The molecule has 2 atom stereocenters. The number of nitrogens with one attached hydrogen (secondary N) is 1. The molecule has 0 aliphatic carbocycles. The molecule has 0 rings (SSSR count). The van der Waals surface area contributed by atoms with E-state index in [4.69, 9.17) is 5.11 Å². The van der Waals surface area contributed by atoms with Gasteiger partial charge >= 0.3 is 0 Å². The van der Waals surface area contributed by atoms with Crippen LogP contribution in [0.2, 0.25) is 0 Å². The van der Waals surface area contributed by atoms with Crippen LogP contribution in [-0.2, 0) is 0 Å². The van der Waals surface area contributed by atoms with E-state index in [-0.39, 0.29) is 25.3 Å². The Morgan fingerprint density at radius 1 is 1.06 bits per heavy atom. The molecule has 0 aromatic heterocycles. The third-order valence-electron chi connectivity index (χ3n) is 3.33. The zero-order valence-electron chi connectivity index (χ0n) is 11.8. The van der Waals surface area contributed by atoms with Crippen molar-refractivity contribution in [3.05, 3.63) is 0 Å². The summed E-state index contributed by atoms with van der Waals surface area (Å²) in [5.41, 5.74) is 0. The lowest BCUT2D eigenvalue weighted by molar-refractivity contribution is 0.0915. The van der Waals surface area contributed by atoms with Gasteiger partial charge in [0.2, 0.25) is 0 Å². The Hall–Kier alpha value is -0.160. The predicted molar refractivity (Wildman–Crippen MR) is 72.2 cm³/mol. The van der Waals surface area contributed by atoms with Gasteiger partial charge in [0.1, 0.15) is 0 Å². The van der Waals surface area contributed by atoms with Crippen LogP contribution < -0.4 is 5.32 Å². The molecule has 0 radical (unpaired) electrons. The Morgan fingerprint density at radius 3 is 2.06 bits per heavy atom. The fourth-order valence-electron chi connectivity index (χ4n) is 2.07. The minimum atomic E-state index is 0.190. The minimum absolute atomic E-state index is 0.190. The number of nitrogens with zero attached hydrogens (tertiary/aromatic N) is 1. The smallest absolute Gasteiger partial charge is 0.0586 e. The van der Waals surface area contributed by atoms with Gasteiger partial charge in [0.15, 0.2) is 0 Å². The van der Waals surface area contributed by atoms with E-state index >= 15 is 0 Å². The average Bonchev–Trinajstić information content (AvgIpc) is 2.33. The number of aliphatic hydroxyl groups excluding tert-OH is 2. The van der Waals surface area contributed by atoms with Gasteiger partial charge in [-0.1, -0.05) is 13.8 Å². The molecule has 0 aliphatic rings. The lowest BCUT2D eigenvalue weighted by Crippen LogP contribution is -2.47. The fraction of sp³-hybridized carbons (Fsp3) is 1.00. The number of aliphatic hydroxyl groups is 2. The van der Waals surface area contributed by atoms with Crippen LogP contribution in [0.3, 0.4) is 0 Å². The molecule has 0 aliphatic heterocycles. The number of rotatable bonds is 10. The highest BCUT2D eigenvalue weighted by Gasteiger charge is 2.18. The van der Waals surface area contributed by atoms with E-state index in [0.717, 1.165) is 25.9 Å². The molecular weight excluding hydrogens is 216 g/mol. The van der Waals surface area contributed by atoms with E-state index in [0.29, 0.717) is 6.04 Å². The Labute approximate surface area is 106 Å².